The molecule has 1 aromatic heterocycles. The van der Waals surface area contributed by atoms with Crippen molar-refractivity contribution in [1.29, 1.82) is 0 Å². The molecule has 2 rings (SSSR count). The summed E-state index contributed by atoms with van der Waals surface area (Å²) in [7, 11) is 1.61. The average molecular weight is 312 g/mol. The molecule has 114 valence electrons. The first kappa shape index (κ1) is 15.6. The second kappa shape index (κ2) is 7.26. The maximum atomic E-state index is 10.9. The number of rotatable bonds is 4. The van der Waals surface area contributed by atoms with Crippen molar-refractivity contribution in [3.63, 3.8) is 0 Å². The molecular formula is C14H18ClN3O3. The van der Waals surface area contributed by atoms with Gasteiger partial charge in [-0.1, -0.05) is 22.8 Å². The third-order valence-electron chi connectivity index (χ3n) is 3.60. The van der Waals surface area contributed by atoms with Crippen LogP contribution in [0.25, 0.3) is 0 Å². The van der Waals surface area contributed by atoms with Crippen molar-refractivity contribution in [3.8, 4) is 0 Å². The summed E-state index contributed by atoms with van der Waals surface area (Å²) in [5.74, 6) is 0. The standard InChI is InChI=1S/C14H18ClN3O3/c1-18(14(19)20)12-5-3-11(4-6-12)17-21-9-10-2-7-13(15)16-8-10/h2,7-8,12H,3-6,9H2,1H3,(H,19,20). The summed E-state index contributed by atoms with van der Waals surface area (Å²) in [5.41, 5.74) is 1.88. The minimum absolute atomic E-state index is 0.0712. The molecule has 21 heavy (non-hydrogen) atoms. The smallest absolute Gasteiger partial charge is 0.407 e. The first-order chi connectivity index (χ1) is 10.1. The van der Waals surface area contributed by atoms with E-state index in [2.05, 4.69) is 10.1 Å². The van der Waals surface area contributed by atoms with Crippen LogP contribution in [0.15, 0.2) is 23.5 Å². The van der Waals surface area contributed by atoms with E-state index < -0.39 is 6.09 Å². The molecular weight excluding hydrogens is 294 g/mol. The molecule has 1 aliphatic carbocycles. The predicted molar refractivity (Wildman–Crippen MR) is 79.5 cm³/mol. The van der Waals surface area contributed by atoms with E-state index in [1.54, 1.807) is 19.3 Å². The maximum absolute atomic E-state index is 10.9. The predicted octanol–water partition coefficient (Wildman–Crippen LogP) is 3.16. The minimum Gasteiger partial charge on any atom is -0.465 e. The highest BCUT2D eigenvalue weighted by atomic mass is 35.5. The topological polar surface area (TPSA) is 75.0 Å². The van der Waals surface area contributed by atoms with Gasteiger partial charge in [-0.2, -0.15) is 0 Å². The van der Waals surface area contributed by atoms with Gasteiger partial charge in [0.05, 0.1) is 5.71 Å². The summed E-state index contributed by atoms with van der Waals surface area (Å²) < 4.78 is 0. The molecule has 1 saturated carbocycles. The van der Waals surface area contributed by atoms with Crippen LogP contribution < -0.4 is 0 Å². The largest absolute Gasteiger partial charge is 0.465 e. The number of hydrogen-bond donors (Lipinski definition) is 1. The third-order valence-corrected chi connectivity index (χ3v) is 3.82. The molecule has 0 aromatic carbocycles. The number of aromatic nitrogens is 1. The Morgan fingerprint density at radius 2 is 2.24 bits per heavy atom. The number of amides is 1. The van der Waals surface area contributed by atoms with E-state index in [9.17, 15) is 4.79 Å². The number of halogens is 1. The normalized spacial score (nSPS) is 18.2. The van der Waals surface area contributed by atoms with Crippen LogP contribution in [-0.4, -0.2) is 39.9 Å². The van der Waals surface area contributed by atoms with Gasteiger partial charge in [0.2, 0.25) is 0 Å². The Kier molecular flexibility index (Phi) is 5.38. The summed E-state index contributed by atoms with van der Waals surface area (Å²) in [6, 6.07) is 3.62. The number of pyridine rings is 1. The molecule has 1 fully saturated rings. The second-order valence-electron chi connectivity index (χ2n) is 5.04. The van der Waals surface area contributed by atoms with Crippen molar-refractivity contribution in [2.45, 2.75) is 38.3 Å². The molecule has 1 aliphatic rings. The molecule has 0 radical (unpaired) electrons. The Bertz CT molecular complexity index is 509. The van der Waals surface area contributed by atoms with Gasteiger partial charge in [0.15, 0.2) is 0 Å². The van der Waals surface area contributed by atoms with Gasteiger partial charge < -0.3 is 14.8 Å². The van der Waals surface area contributed by atoms with E-state index in [4.69, 9.17) is 21.5 Å². The first-order valence-corrected chi connectivity index (χ1v) is 7.18. The zero-order valence-electron chi connectivity index (χ0n) is 11.8. The van der Waals surface area contributed by atoms with Gasteiger partial charge in [-0.3, -0.25) is 0 Å². The molecule has 0 saturated heterocycles. The van der Waals surface area contributed by atoms with Crippen molar-refractivity contribution in [2.75, 3.05) is 7.05 Å². The van der Waals surface area contributed by atoms with E-state index in [0.29, 0.717) is 11.8 Å². The van der Waals surface area contributed by atoms with Crippen LogP contribution in [0.1, 0.15) is 31.2 Å². The number of nitrogens with zero attached hydrogens (tertiary/aromatic N) is 3. The van der Waals surface area contributed by atoms with Crippen LogP contribution in [0.5, 0.6) is 0 Å². The summed E-state index contributed by atoms with van der Waals surface area (Å²) in [6.07, 6.45) is 3.87. The van der Waals surface area contributed by atoms with Gasteiger partial charge >= 0.3 is 6.09 Å². The lowest BCUT2D eigenvalue weighted by Crippen LogP contribution is -2.38. The fraction of sp³-hybridized carbons (Fsp3) is 0.500. The monoisotopic (exact) mass is 311 g/mol. The molecule has 1 heterocycles. The van der Waals surface area contributed by atoms with Gasteiger partial charge in [0, 0.05) is 24.8 Å². The molecule has 0 atom stereocenters. The van der Waals surface area contributed by atoms with Gasteiger partial charge in [0.1, 0.15) is 11.8 Å². The van der Waals surface area contributed by atoms with Crippen molar-refractivity contribution >= 4 is 23.4 Å². The maximum Gasteiger partial charge on any atom is 0.407 e. The van der Waals surface area contributed by atoms with Crippen molar-refractivity contribution < 1.29 is 14.7 Å². The Hall–Kier alpha value is -1.82. The van der Waals surface area contributed by atoms with Crippen molar-refractivity contribution in [1.82, 2.24) is 9.88 Å². The highest BCUT2D eigenvalue weighted by Gasteiger charge is 2.24. The van der Waals surface area contributed by atoms with Crippen LogP contribution in [0, 0.1) is 0 Å². The van der Waals surface area contributed by atoms with Crippen molar-refractivity contribution in [2.24, 2.45) is 5.16 Å². The third kappa shape index (κ3) is 4.60. The van der Waals surface area contributed by atoms with Crippen LogP contribution in [-0.2, 0) is 11.4 Å². The highest BCUT2D eigenvalue weighted by Crippen LogP contribution is 2.20. The van der Waals surface area contributed by atoms with Crippen LogP contribution in [0.4, 0.5) is 4.79 Å². The Balaban J connectivity index is 1.77. The summed E-state index contributed by atoms with van der Waals surface area (Å²) in [4.78, 5) is 21.5. The van der Waals surface area contributed by atoms with Gasteiger partial charge in [0.25, 0.3) is 0 Å². The summed E-state index contributed by atoms with van der Waals surface area (Å²) in [5, 5.41) is 13.5. The van der Waals surface area contributed by atoms with E-state index in [1.165, 1.54) is 4.90 Å². The Morgan fingerprint density at radius 1 is 1.52 bits per heavy atom. The quantitative estimate of drug-likeness (QED) is 0.684. The van der Waals surface area contributed by atoms with E-state index in [0.717, 1.165) is 37.0 Å². The summed E-state index contributed by atoms with van der Waals surface area (Å²) in [6.45, 7) is 0.353. The molecule has 0 aliphatic heterocycles. The molecule has 1 amide bonds. The molecule has 0 bridgehead atoms. The van der Waals surface area contributed by atoms with Gasteiger partial charge in [-0.15, -0.1) is 0 Å². The Morgan fingerprint density at radius 3 is 2.81 bits per heavy atom. The number of carboxylic acid groups (broad SMARTS) is 1. The fourth-order valence-corrected chi connectivity index (χ4v) is 2.37. The molecule has 7 heteroatoms. The molecule has 1 aromatic rings. The van der Waals surface area contributed by atoms with E-state index in [-0.39, 0.29) is 6.04 Å². The lowest BCUT2D eigenvalue weighted by molar-refractivity contribution is 0.123. The Labute approximate surface area is 128 Å². The lowest BCUT2D eigenvalue weighted by atomic mass is 9.93. The molecule has 0 spiro atoms. The fourth-order valence-electron chi connectivity index (χ4n) is 2.26. The highest BCUT2D eigenvalue weighted by molar-refractivity contribution is 6.29. The van der Waals surface area contributed by atoms with E-state index in [1.807, 2.05) is 6.07 Å². The van der Waals surface area contributed by atoms with E-state index >= 15 is 0 Å². The molecule has 0 unspecified atom stereocenters. The van der Waals surface area contributed by atoms with Crippen LogP contribution >= 0.6 is 11.6 Å². The second-order valence-corrected chi connectivity index (χ2v) is 5.43. The number of oxime groups is 1. The van der Waals surface area contributed by atoms with Gasteiger partial charge in [-0.25, -0.2) is 9.78 Å². The summed E-state index contributed by atoms with van der Waals surface area (Å²) >= 11 is 5.70. The van der Waals surface area contributed by atoms with Crippen LogP contribution in [0.3, 0.4) is 0 Å². The average Bonchev–Trinajstić information content (AvgIpc) is 2.49. The number of carbonyl (C=O) groups is 1. The zero-order chi connectivity index (χ0) is 15.2. The first-order valence-electron chi connectivity index (χ1n) is 6.80. The molecule has 6 nitrogen and oxygen atoms in total. The van der Waals surface area contributed by atoms with Crippen molar-refractivity contribution in [3.05, 3.63) is 29.0 Å². The lowest BCUT2D eigenvalue weighted by Gasteiger charge is -2.29. The zero-order valence-corrected chi connectivity index (χ0v) is 12.6. The SMILES string of the molecule is CN(C(=O)O)C1CCC(=NOCc2ccc(Cl)nc2)CC1. The minimum atomic E-state index is -0.883. The molecule has 1 N–H and O–H groups in total. The van der Waals surface area contributed by atoms with Crippen LogP contribution in [0.2, 0.25) is 5.15 Å². The number of hydrogen-bond acceptors (Lipinski definition) is 4. The van der Waals surface area contributed by atoms with Gasteiger partial charge in [-0.05, 0) is 31.7 Å².